The van der Waals surface area contributed by atoms with Crippen LogP contribution < -0.4 is 15.5 Å². The van der Waals surface area contributed by atoms with Crippen LogP contribution in [-0.4, -0.2) is 82.0 Å². The minimum absolute atomic E-state index is 0.143. The Bertz CT molecular complexity index is 1140. The Morgan fingerprint density at radius 2 is 1.34 bits per heavy atom. The number of hydrogen-bond acceptors (Lipinski definition) is 8. The van der Waals surface area contributed by atoms with Gasteiger partial charge >= 0.3 is 23.9 Å². The van der Waals surface area contributed by atoms with Gasteiger partial charge in [-0.25, -0.2) is 9.59 Å². The molecule has 14 heteroatoms. The minimum Gasteiger partial charge on any atom is -0.480 e. The summed E-state index contributed by atoms with van der Waals surface area (Å²) in [5.74, 6) is -8.02. The lowest BCUT2D eigenvalue weighted by atomic mass is 9.82. The number of carboxylic acids is 3. The monoisotopic (exact) mass is 490 g/mol. The molecule has 1 aromatic rings. The summed E-state index contributed by atoms with van der Waals surface area (Å²) >= 11 is 0. The fourth-order valence-corrected chi connectivity index (χ4v) is 3.60. The molecule has 1 heterocycles. The molecule has 1 fully saturated rings. The zero-order chi connectivity index (χ0) is 26.7. The molecule has 5 N–H and O–H groups in total. The van der Waals surface area contributed by atoms with E-state index in [1.165, 1.54) is 45.2 Å². The largest absolute Gasteiger partial charge is 0.480 e. The molecule has 186 valence electrons. The number of carbonyl (C=O) groups is 7. The number of nitrogens with one attached hydrogen (secondary N) is 2. The first kappa shape index (κ1) is 26.7. The molecule has 0 atom stereocenters. The summed E-state index contributed by atoms with van der Waals surface area (Å²) in [6.07, 6.45) is 0. The van der Waals surface area contributed by atoms with Crippen molar-refractivity contribution in [3.63, 3.8) is 0 Å². The van der Waals surface area contributed by atoms with Crippen molar-refractivity contribution in [2.24, 2.45) is 0 Å². The summed E-state index contributed by atoms with van der Waals surface area (Å²) in [6, 6.07) is 4.03. The Balaban J connectivity index is 2.85. The number of carbonyl (C=O) groups excluding carboxylic acids is 4. The number of aliphatic carboxylic acids is 3. The number of anilines is 1. The van der Waals surface area contributed by atoms with Crippen molar-refractivity contribution in [2.75, 3.05) is 25.0 Å². The van der Waals surface area contributed by atoms with Crippen LogP contribution in [0.2, 0.25) is 0 Å². The van der Waals surface area contributed by atoms with Crippen LogP contribution in [0.1, 0.15) is 19.4 Å². The quantitative estimate of drug-likeness (QED) is 0.211. The third-order valence-electron chi connectivity index (χ3n) is 5.40. The van der Waals surface area contributed by atoms with E-state index in [2.05, 4.69) is 0 Å². The number of likely N-dealkylation sites (N-methyl/N-ethyl adjacent to an activating group) is 1. The molecule has 0 aliphatic carbocycles. The molecule has 0 unspecified atom stereocenters. The van der Waals surface area contributed by atoms with Crippen LogP contribution in [0, 0.1) is 0 Å². The molecule has 1 aliphatic heterocycles. The third kappa shape index (κ3) is 5.01. The lowest BCUT2D eigenvalue weighted by Gasteiger charge is -2.43. The van der Waals surface area contributed by atoms with Gasteiger partial charge in [-0.05, 0) is 19.9 Å². The van der Waals surface area contributed by atoms with Gasteiger partial charge in [-0.3, -0.25) is 39.5 Å². The Morgan fingerprint density at radius 3 is 1.80 bits per heavy atom. The molecular formula is C21H22N4O10. The molecule has 2 rings (SSSR count). The van der Waals surface area contributed by atoms with Crippen LogP contribution in [0.3, 0.4) is 0 Å². The average molecular weight is 490 g/mol. The van der Waals surface area contributed by atoms with E-state index in [-0.39, 0.29) is 22.4 Å². The maximum atomic E-state index is 13.2. The summed E-state index contributed by atoms with van der Waals surface area (Å²) in [5, 5.41) is 31.7. The number of benzene rings is 1. The highest BCUT2D eigenvalue weighted by molar-refractivity contribution is 6.24. The van der Waals surface area contributed by atoms with Gasteiger partial charge in [0.1, 0.15) is 0 Å². The average Bonchev–Trinajstić information content (AvgIpc) is 2.76. The lowest BCUT2D eigenvalue weighted by Crippen LogP contribution is -2.72. The normalized spacial score (nSPS) is 15.6. The molecule has 14 nitrogen and oxygen atoms in total. The molecule has 0 spiro atoms. The summed E-state index contributed by atoms with van der Waals surface area (Å²) in [7, 11) is 1.22. The number of hydrogen-bond donors (Lipinski definition) is 5. The zero-order valence-corrected chi connectivity index (χ0v) is 18.8. The molecule has 1 aliphatic rings. The molecule has 0 saturated carbocycles. The predicted molar refractivity (Wildman–Crippen MR) is 116 cm³/mol. The summed E-state index contributed by atoms with van der Waals surface area (Å²) in [5.41, 5.74) is -3.61. The van der Waals surface area contributed by atoms with Crippen molar-refractivity contribution in [1.82, 2.24) is 15.5 Å². The van der Waals surface area contributed by atoms with E-state index in [9.17, 15) is 48.9 Å². The van der Waals surface area contributed by atoms with Crippen molar-refractivity contribution in [1.29, 1.82) is 0 Å². The Kier molecular flexibility index (Phi) is 7.72. The third-order valence-corrected chi connectivity index (χ3v) is 5.40. The molecule has 1 aromatic carbocycles. The summed E-state index contributed by atoms with van der Waals surface area (Å²) in [6.45, 7) is 0.237. The summed E-state index contributed by atoms with van der Waals surface area (Å²) in [4.78, 5) is 87.1. The molecular weight excluding hydrogens is 468 g/mol. The highest BCUT2D eigenvalue weighted by atomic mass is 16.4. The standard InChI is InChI=1S/C21H22N4O10/c1-10(11(2)17(31)32)16(30)24(3)13-7-5-4-6-12(13)21(18(33)22-20(35)23-19(21)34)25(8-14(26)27)9-15(28)29/h4-7H,8-9H2,1-3H3,(H,26,27)(H,28,29)(H,31,32)(H2,22,23,33,34,35). The Morgan fingerprint density at radius 1 is 0.857 bits per heavy atom. The highest BCUT2D eigenvalue weighted by Crippen LogP contribution is 2.38. The van der Waals surface area contributed by atoms with Gasteiger partial charge in [-0.1, -0.05) is 18.2 Å². The van der Waals surface area contributed by atoms with E-state index in [1.54, 1.807) is 0 Å². The van der Waals surface area contributed by atoms with Crippen molar-refractivity contribution in [3.8, 4) is 0 Å². The Labute approximate surface area is 197 Å². The van der Waals surface area contributed by atoms with Crippen LogP contribution in [0.15, 0.2) is 35.4 Å². The van der Waals surface area contributed by atoms with Crippen LogP contribution >= 0.6 is 0 Å². The minimum atomic E-state index is -2.70. The number of imide groups is 2. The molecule has 1 saturated heterocycles. The zero-order valence-electron chi connectivity index (χ0n) is 18.8. The van der Waals surface area contributed by atoms with Crippen LogP contribution in [0.5, 0.6) is 0 Å². The number of carboxylic acid groups (broad SMARTS) is 3. The smallest absolute Gasteiger partial charge is 0.331 e. The molecule has 5 amide bonds. The van der Waals surface area contributed by atoms with E-state index < -0.39 is 60.3 Å². The molecule has 0 radical (unpaired) electrons. The summed E-state index contributed by atoms with van der Waals surface area (Å²) < 4.78 is 0. The van der Waals surface area contributed by atoms with Gasteiger partial charge in [0.25, 0.3) is 17.7 Å². The first-order chi connectivity index (χ1) is 16.2. The fraction of sp³-hybridized carbons (Fsp3) is 0.286. The number of para-hydroxylation sites is 1. The highest BCUT2D eigenvalue weighted by Gasteiger charge is 2.58. The number of urea groups is 1. The maximum Gasteiger partial charge on any atom is 0.331 e. The van der Waals surface area contributed by atoms with Gasteiger partial charge in [-0.2, -0.15) is 0 Å². The lowest BCUT2D eigenvalue weighted by molar-refractivity contribution is -0.155. The molecule has 35 heavy (non-hydrogen) atoms. The molecule has 0 aromatic heterocycles. The number of barbiturate groups is 1. The first-order valence-electron chi connectivity index (χ1n) is 9.88. The van der Waals surface area contributed by atoms with Crippen molar-refractivity contribution < 1.29 is 48.9 Å². The van der Waals surface area contributed by atoms with E-state index >= 15 is 0 Å². The van der Waals surface area contributed by atoms with Crippen LogP contribution in [0.25, 0.3) is 0 Å². The van der Waals surface area contributed by atoms with E-state index in [0.717, 1.165) is 4.90 Å². The van der Waals surface area contributed by atoms with Crippen molar-refractivity contribution in [3.05, 3.63) is 41.0 Å². The van der Waals surface area contributed by atoms with Crippen molar-refractivity contribution >= 4 is 47.3 Å². The second-order valence-corrected chi connectivity index (χ2v) is 7.53. The second kappa shape index (κ2) is 10.1. The number of rotatable bonds is 9. The maximum absolute atomic E-state index is 13.2. The van der Waals surface area contributed by atoms with Gasteiger partial charge in [0.2, 0.25) is 5.54 Å². The van der Waals surface area contributed by atoms with E-state index in [4.69, 9.17) is 0 Å². The SMILES string of the molecule is CC(C(=O)O)=C(C)C(=O)N(C)c1ccccc1C1(N(CC(=O)O)CC(=O)O)C(=O)NC(=O)NC1=O. The second-order valence-electron chi connectivity index (χ2n) is 7.53. The Hall–Kier alpha value is -4.59. The van der Waals surface area contributed by atoms with Gasteiger partial charge in [-0.15, -0.1) is 0 Å². The topological polar surface area (TPSA) is 211 Å². The van der Waals surface area contributed by atoms with E-state index in [1.807, 2.05) is 10.6 Å². The van der Waals surface area contributed by atoms with Crippen LogP contribution in [-0.2, 0) is 34.3 Å². The molecule has 0 bridgehead atoms. The van der Waals surface area contributed by atoms with Crippen LogP contribution in [0.4, 0.5) is 10.5 Å². The fourth-order valence-electron chi connectivity index (χ4n) is 3.60. The van der Waals surface area contributed by atoms with Gasteiger partial charge in [0.15, 0.2) is 0 Å². The number of amides is 5. The van der Waals surface area contributed by atoms with Crippen molar-refractivity contribution in [2.45, 2.75) is 19.4 Å². The van der Waals surface area contributed by atoms with E-state index in [0.29, 0.717) is 4.90 Å². The van der Waals surface area contributed by atoms with Gasteiger partial charge < -0.3 is 20.2 Å². The first-order valence-corrected chi connectivity index (χ1v) is 9.88. The predicted octanol–water partition coefficient (Wildman–Crippen LogP) is -0.897. The van der Waals surface area contributed by atoms with Gasteiger partial charge in [0, 0.05) is 29.4 Å². The number of nitrogens with zero attached hydrogens (tertiary/aromatic N) is 2. The van der Waals surface area contributed by atoms with Gasteiger partial charge in [0.05, 0.1) is 13.1 Å².